The van der Waals surface area contributed by atoms with Crippen LogP contribution in [0.4, 0.5) is 0 Å². The Morgan fingerprint density at radius 1 is 1.36 bits per heavy atom. The highest BCUT2D eigenvalue weighted by molar-refractivity contribution is 14.1. The maximum Gasteiger partial charge on any atom is 0.0184 e. The summed E-state index contributed by atoms with van der Waals surface area (Å²) in [5.41, 5.74) is 7.95. The van der Waals surface area contributed by atoms with E-state index in [9.17, 15) is 0 Å². The largest absolute Gasteiger partial charge is 0.326 e. The normalized spacial score (nSPS) is 10.7. The molecule has 2 N–H and O–H groups in total. The minimum atomic E-state index is 0.608. The predicted octanol–water partition coefficient (Wildman–Crippen LogP) is 2.55. The molecule has 0 saturated carbocycles. The molecule has 1 aromatic carbocycles. The van der Waals surface area contributed by atoms with Crippen LogP contribution in [0.25, 0.3) is 6.08 Å². The first kappa shape index (κ1) is 8.74. The van der Waals surface area contributed by atoms with Crippen molar-refractivity contribution < 1.29 is 0 Å². The van der Waals surface area contributed by atoms with Gasteiger partial charge in [0.1, 0.15) is 0 Å². The molecule has 2 heteroatoms. The van der Waals surface area contributed by atoms with Crippen LogP contribution >= 0.6 is 22.6 Å². The second kappa shape index (κ2) is 4.51. The number of rotatable bonds is 2. The standard InChI is InChI=1S/C9H10IN/c10-6-5-8-3-1-2-4-9(8)7-11/h1-6H,7,11H2/b6-5+. The van der Waals surface area contributed by atoms with Crippen molar-refractivity contribution in [2.45, 2.75) is 6.54 Å². The van der Waals surface area contributed by atoms with E-state index in [1.807, 2.05) is 22.3 Å². The molecule has 0 aliphatic carbocycles. The Balaban J connectivity index is 3.02. The SMILES string of the molecule is NCc1ccccc1/C=C/I. The van der Waals surface area contributed by atoms with Gasteiger partial charge in [0.2, 0.25) is 0 Å². The van der Waals surface area contributed by atoms with Crippen LogP contribution in [-0.4, -0.2) is 0 Å². The molecular formula is C9H10IN. The molecule has 0 radical (unpaired) electrons. The van der Waals surface area contributed by atoms with Crippen LogP contribution in [0.5, 0.6) is 0 Å². The topological polar surface area (TPSA) is 26.0 Å². The third-order valence-corrected chi connectivity index (χ3v) is 1.88. The van der Waals surface area contributed by atoms with Crippen molar-refractivity contribution in [2.24, 2.45) is 5.73 Å². The van der Waals surface area contributed by atoms with Crippen molar-refractivity contribution in [3.8, 4) is 0 Å². The molecule has 0 aromatic heterocycles. The van der Waals surface area contributed by atoms with Gasteiger partial charge < -0.3 is 5.73 Å². The zero-order valence-corrected chi connectivity index (χ0v) is 8.28. The lowest BCUT2D eigenvalue weighted by Gasteiger charge is -2.00. The number of hydrogen-bond acceptors (Lipinski definition) is 1. The number of nitrogens with two attached hydrogens (primary N) is 1. The van der Waals surface area contributed by atoms with E-state index in [1.165, 1.54) is 11.1 Å². The van der Waals surface area contributed by atoms with E-state index < -0.39 is 0 Å². The monoisotopic (exact) mass is 259 g/mol. The molecule has 0 fully saturated rings. The van der Waals surface area contributed by atoms with E-state index >= 15 is 0 Å². The maximum absolute atomic E-state index is 5.54. The van der Waals surface area contributed by atoms with Crippen molar-refractivity contribution in [2.75, 3.05) is 0 Å². The van der Waals surface area contributed by atoms with Crippen molar-refractivity contribution in [3.05, 3.63) is 39.5 Å². The molecule has 0 bridgehead atoms. The third-order valence-electron chi connectivity index (χ3n) is 1.52. The van der Waals surface area contributed by atoms with Crippen molar-refractivity contribution in [1.82, 2.24) is 0 Å². The summed E-state index contributed by atoms with van der Waals surface area (Å²) in [5.74, 6) is 0. The molecular weight excluding hydrogens is 249 g/mol. The number of benzene rings is 1. The van der Waals surface area contributed by atoms with Gasteiger partial charge in [-0.05, 0) is 21.3 Å². The molecule has 11 heavy (non-hydrogen) atoms. The molecule has 58 valence electrons. The van der Waals surface area contributed by atoms with Gasteiger partial charge in [-0.3, -0.25) is 0 Å². The average molecular weight is 259 g/mol. The van der Waals surface area contributed by atoms with Gasteiger partial charge in [-0.15, -0.1) is 0 Å². The number of halogens is 1. The highest BCUT2D eigenvalue weighted by Gasteiger charge is 1.93. The van der Waals surface area contributed by atoms with Crippen LogP contribution in [0.15, 0.2) is 28.3 Å². The summed E-state index contributed by atoms with van der Waals surface area (Å²) < 4.78 is 1.99. The highest BCUT2D eigenvalue weighted by Crippen LogP contribution is 2.10. The van der Waals surface area contributed by atoms with Crippen LogP contribution in [0.2, 0.25) is 0 Å². The first-order valence-corrected chi connectivity index (χ1v) is 4.68. The lowest BCUT2D eigenvalue weighted by Crippen LogP contribution is -1.97. The molecule has 0 aliphatic rings. The van der Waals surface area contributed by atoms with E-state index in [0.717, 1.165) is 0 Å². The van der Waals surface area contributed by atoms with Crippen LogP contribution < -0.4 is 5.73 Å². The fourth-order valence-electron chi connectivity index (χ4n) is 0.951. The zero-order valence-electron chi connectivity index (χ0n) is 6.13. The van der Waals surface area contributed by atoms with E-state index in [1.54, 1.807) is 0 Å². The summed E-state index contributed by atoms with van der Waals surface area (Å²) in [6.07, 6.45) is 2.06. The summed E-state index contributed by atoms with van der Waals surface area (Å²) in [7, 11) is 0. The van der Waals surface area contributed by atoms with Gasteiger partial charge in [0.25, 0.3) is 0 Å². The van der Waals surface area contributed by atoms with Crippen LogP contribution in [-0.2, 0) is 6.54 Å². The summed E-state index contributed by atoms with van der Waals surface area (Å²) in [5, 5.41) is 0. The van der Waals surface area contributed by atoms with Crippen LogP contribution in [0, 0.1) is 0 Å². The first-order chi connectivity index (χ1) is 5.38. The average Bonchev–Trinajstić information content (AvgIpc) is 2.06. The van der Waals surface area contributed by atoms with Crippen molar-refractivity contribution >= 4 is 28.7 Å². The minimum absolute atomic E-state index is 0.608. The van der Waals surface area contributed by atoms with Crippen molar-refractivity contribution in [1.29, 1.82) is 0 Å². The van der Waals surface area contributed by atoms with Crippen LogP contribution in [0.1, 0.15) is 11.1 Å². The van der Waals surface area contributed by atoms with Gasteiger partial charge in [0.05, 0.1) is 0 Å². The van der Waals surface area contributed by atoms with Gasteiger partial charge in [-0.25, -0.2) is 0 Å². The Hall–Kier alpha value is -0.350. The molecule has 0 saturated heterocycles. The van der Waals surface area contributed by atoms with Gasteiger partial charge in [0.15, 0.2) is 0 Å². The minimum Gasteiger partial charge on any atom is -0.326 e. The van der Waals surface area contributed by atoms with Gasteiger partial charge in [0, 0.05) is 6.54 Å². The summed E-state index contributed by atoms with van der Waals surface area (Å²) >= 11 is 2.20. The first-order valence-electron chi connectivity index (χ1n) is 3.43. The van der Waals surface area contributed by atoms with Gasteiger partial charge in [-0.2, -0.15) is 0 Å². The molecule has 0 amide bonds. The molecule has 0 unspecified atom stereocenters. The lowest BCUT2D eigenvalue weighted by molar-refractivity contribution is 1.07. The van der Waals surface area contributed by atoms with E-state index in [2.05, 4.69) is 34.7 Å². The Morgan fingerprint density at radius 3 is 2.73 bits per heavy atom. The second-order valence-corrected chi connectivity index (χ2v) is 2.91. The Kier molecular flexibility index (Phi) is 3.59. The molecule has 0 heterocycles. The molecule has 1 nitrogen and oxygen atoms in total. The Labute approximate surface area is 80.4 Å². The van der Waals surface area contributed by atoms with Gasteiger partial charge in [-0.1, -0.05) is 46.9 Å². The van der Waals surface area contributed by atoms with Gasteiger partial charge >= 0.3 is 0 Å². The summed E-state index contributed by atoms with van der Waals surface area (Å²) in [6, 6.07) is 8.14. The fourth-order valence-corrected chi connectivity index (χ4v) is 1.34. The van der Waals surface area contributed by atoms with E-state index in [-0.39, 0.29) is 0 Å². The number of hydrogen-bond donors (Lipinski definition) is 1. The molecule has 0 aliphatic heterocycles. The third kappa shape index (κ3) is 2.31. The van der Waals surface area contributed by atoms with Crippen LogP contribution in [0.3, 0.4) is 0 Å². The molecule has 1 rings (SSSR count). The highest BCUT2D eigenvalue weighted by atomic mass is 127. The molecule has 1 aromatic rings. The van der Waals surface area contributed by atoms with Crippen molar-refractivity contribution in [3.63, 3.8) is 0 Å². The zero-order chi connectivity index (χ0) is 8.10. The summed E-state index contributed by atoms with van der Waals surface area (Å²) in [6.45, 7) is 0.608. The van der Waals surface area contributed by atoms with E-state index in [0.29, 0.717) is 6.54 Å². The predicted molar refractivity (Wildman–Crippen MR) is 57.4 cm³/mol. The maximum atomic E-state index is 5.54. The Morgan fingerprint density at radius 2 is 2.09 bits per heavy atom. The molecule has 0 spiro atoms. The smallest absolute Gasteiger partial charge is 0.0184 e. The summed E-state index contributed by atoms with van der Waals surface area (Å²) in [4.78, 5) is 0. The Bertz CT molecular complexity index is 255. The fraction of sp³-hybridized carbons (Fsp3) is 0.111. The quantitative estimate of drug-likeness (QED) is 0.811. The lowest BCUT2D eigenvalue weighted by atomic mass is 10.1. The second-order valence-electron chi connectivity index (χ2n) is 2.20. The molecule has 0 atom stereocenters. The van der Waals surface area contributed by atoms with E-state index in [4.69, 9.17) is 5.73 Å².